The van der Waals surface area contributed by atoms with E-state index >= 15 is 4.79 Å². The van der Waals surface area contributed by atoms with Gasteiger partial charge in [-0.25, -0.2) is 0 Å². The molecule has 17 heteroatoms. The molecule has 5 rings (SSSR count). The van der Waals surface area contributed by atoms with E-state index in [4.69, 9.17) is 16.3 Å². The molecule has 0 bridgehead atoms. The number of hydrogen-bond acceptors (Lipinski definition) is 7. The maximum Gasteiger partial charge on any atom is 0.425 e. The van der Waals surface area contributed by atoms with Crippen LogP contribution in [0.25, 0.3) is 0 Å². The number of carbonyl (C=O) groups excluding carboxylic acids is 2. The van der Waals surface area contributed by atoms with E-state index in [1.165, 1.54) is 30.1 Å². The van der Waals surface area contributed by atoms with Crippen LogP contribution in [0.2, 0.25) is 4.34 Å². The van der Waals surface area contributed by atoms with Crippen molar-refractivity contribution in [3.8, 4) is 5.75 Å². The molecule has 1 N–H and O–H groups in total. The molecular formula is C33H34ClF6N3O5S2. The monoisotopic (exact) mass is 765 g/mol. The number of likely N-dealkylation sites (tertiary alicyclic amines) is 1. The van der Waals surface area contributed by atoms with Gasteiger partial charge in [0.25, 0.3) is 11.8 Å². The highest BCUT2D eigenvalue weighted by atomic mass is 35.5. The fourth-order valence-electron chi connectivity index (χ4n) is 6.78. The molecule has 0 aromatic carbocycles. The van der Waals surface area contributed by atoms with Gasteiger partial charge in [-0.3, -0.25) is 19.4 Å². The van der Waals surface area contributed by atoms with Crippen molar-refractivity contribution < 1.29 is 50.6 Å². The van der Waals surface area contributed by atoms with Crippen molar-refractivity contribution in [1.82, 2.24) is 14.8 Å². The summed E-state index contributed by atoms with van der Waals surface area (Å²) in [6.07, 6.45) is -8.01. The number of thiophene rings is 2. The van der Waals surface area contributed by atoms with Gasteiger partial charge in [0.1, 0.15) is 16.3 Å². The molecule has 0 radical (unpaired) electrons. The van der Waals surface area contributed by atoms with Crippen LogP contribution in [0.15, 0.2) is 35.8 Å². The highest BCUT2D eigenvalue weighted by molar-refractivity contribution is 7.16. The number of alkyl halides is 6. The molecule has 3 atom stereocenters. The van der Waals surface area contributed by atoms with E-state index in [1.54, 1.807) is 13.0 Å². The summed E-state index contributed by atoms with van der Waals surface area (Å²) < 4.78 is 90.0. The zero-order valence-electron chi connectivity index (χ0n) is 27.2. The Morgan fingerprint density at radius 1 is 1.10 bits per heavy atom. The van der Waals surface area contributed by atoms with Gasteiger partial charge in [0.05, 0.1) is 27.4 Å². The number of nitrogens with zero attached hydrogens (tertiary/aromatic N) is 3. The van der Waals surface area contributed by atoms with Gasteiger partial charge < -0.3 is 19.6 Å². The Hall–Kier alpha value is -3.37. The largest absolute Gasteiger partial charge is 0.481 e. The first-order chi connectivity index (χ1) is 23.3. The molecule has 2 aliphatic rings. The Morgan fingerprint density at radius 2 is 1.82 bits per heavy atom. The van der Waals surface area contributed by atoms with Crippen molar-refractivity contribution in [3.63, 3.8) is 0 Å². The zero-order valence-corrected chi connectivity index (χ0v) is 29.5. The summed E-state index contributed by atoms with van der Waals surface area (Å²) in [7, 11) is 0. The van der Waals surface area contributed by atoms with E-state index in [0.717, 1.165) is 39.6 Å². The summed E-state index contributed by atoms with van der Waals surface area (Å²) in [5, 5.41) is 11.1. The number of halogens is 7. The fourth-order valence-corrected chi connectivity index (χ4v) is 8.79. The molecule has 0 spiro atoms. The molecule has 50 heavy (non-hydrogen) atoms. The van der Waals surface area contributed by atoms with E-state index in [9.17, 15) is 41.0 Å². The maximum atomic E-state index is 15.3. The van der Waals surface area contributed by atoms with Crippen molar-refractivity contribution in [2.45, 2.75) is 89.3 Å². The second-order valence-corrected chi connectivity index (χ2v) is 15.7. The van der Waals surface area contributed by atoms with Crippen molar-refractivity contribution in [2.24, 2.45) is 5.41 Å². The van der Waals surface area contributed by atoms with Gasteiger partial charge in [-0.15, -0.1) is 22.7 Å². The second-order valence-electron chi connectivity index (χ2n) is 13.0. The summed E-state index contributed by atoms with van der Waals surface area (Å²) in [5.74, 6) is -3.24. The Labute approximate surface area is 297 Å². The Bertz CT molecular complexity index is 1760. The van der Waals surface area contributed by atoms with Crippen LogP contribution in [-0.2, 0) is 28.4 Å². The normalized spacial score (nSPS) is 21.6. The lowest BCUT2D eigenvalue weighted by atomic mass is 9.77. The van der Waals surface area contributed by atoms with Crippen molar-refractivity contribution in [2.75, 3.05) is 13.1 Å². The molecule has 0 aliphatic carbocycles. The molecule has 272 valence electrons. The van der Waals surface area contributed by atoms with Crippen LogP contribution in [0.5, 0.6) is 5.75 Å². The van der Waals surface area contributed by atoms with E-state index in [0.29, 0.717) is 34.1 Å². The first-order valence-corrected chi connectivity index (χ1v) is 17.9. The lowest BCUT2D eigenvalue weighted by molar-refractivity contribution is -0.164. The number of carboxylic acids is 1. The van der Waals surface area contributed by atoms with Gasteiger partial charge >= 0.3 is 18.3 Å². The number of amides is 2. The molecule has 5 heterocycles. The summed E-state index contributed by atoms with van der Waals surface area (Å²) >= 11 is 8.01. The van der Waals surface area contributed by atoms with Crippen LogP contribution < -0.4 is 4.74 Å². The predicted octanol–water partition coefficient (Wildman–Crippen LogP) is 8.75. The average molecular weight is 766 g/mol. The number of carbonyl (C=O) groups is 3. The Morgan fingerprint density at radius 3 is 2.44 bits per heavy atom. The number of rotatable bonds is 9. The number of ether oxygens (including phenoxy) is 1. The predicted molar refractivity (Wildman–Crippen MR) is 174 cm³/mol. The molecule has 2 amide bonds. The number of hydrogen-bond donors (Lipinski definition) is 1. The SMILES string of the molecule is CCC[C@H]1N(C(=O)c2ncccc2C(F)(F)F)CCC[C@@]1(Oc1csc(C(F)(F)F)c1)C(=O)N1CCc2sc(Cl)cc2C1CC(C)(C)C(=O)O. The van der Waals surface area contributed by atoms with E-state index in [-0.39, 0.29) is 44.5 Å². The third kappa shape index (κ3) is 7.33. The minimum atomic E-state index is -4.93. The van der Waals surface area contributed by atoms with Crippen LogP contribution in [0.1, 0.15) is 90.3 Å². The van der Waals surface area contributed by atoms with Gasteiger partial charge in [-0.1, -0.05) is 24.9 Å². The number of carboxylic acid groups (broad SMARTS) is 1. The molecular weight excluding hydrogens is 732 g/mol. The number of piperidine rings is 1. The van der Waals surface area contributed by atoms with Crippen molar-refractivity contribution in [3.05, 3.63) is 66.8 Å². The third-order valence-corrected chi connectivity index (χ3v) is 11.5. The van der Waals surface area contributed by atoms with Crippen LogP contribution in [-0.4, -0.2) is 62.4 Å². The molecule has 0 saturated carbocycles. The molecule has 2 aliphatic heterocycles. The zero-order chi connectivity index (χ0) is 36.8. The third-order valence-electron chi connectivity index (χ3n) is 9.19. The van der Waals surface area contributed by atoms with Gasteiger partial charge in [-0.05, 0) is 63.3 Å². The highest BCUT2D eigenvalue weighted by Gasteiger charge is 2.57. The summed E-state index contributed by atoms with van der Waals surface area (Å²) in [4.78, 5) is 47.8. The lowest BCUT2D eigenvalue weighted by Gasteiger charge is -2.51. The second kappa shape index (κ2) is 14.0. The fraction of sp³-hybridized carbons (Fsp3) is 0.515. The summed E-state index contributed by atoms with van der Waals surface area (Å²) in [5.41, 5.74) is -4.94. The number of pyridine rings is 1. The molecule has 1 unspecified atom stereocenters. The summed E-state index contributed by atoms with van der Waals surface area (Å²) in [6.45, 7) is 4.73. The van der Waals surface area contributed by atoms with Gasteiger partial charge in [-0.2, -0.15) is 26.3 Å². The van der Waals surface area contributed by atoms with Crippen LogP contribution >= 0.6 is 34.3 Å². The Kier molecular flexibility index (Phi) is 10.6. The van der Waals surface area contributed by atoms with Crippen LogP contribution in [0.4, 0.5) is 26.3 Å². The maximum absolute atomic E-state index is 15.3. The number of fused-ring (bicyclic) bond motifs is 1. The molecule has 1 saturated heterocycles. The first-order valence-electron chi connectivity index (χ1n) is 15.8. The average Bonchev–Trinajstić information content (AvgIpc) is 3.67. The quantitative estimate of drug-likeness (QED) is 0.219. The van der Waals surface area contributed by atoms with Crippen molar-refractivity contribution >= 4 is 52.1 Å². The molecule has 1 fully saturated rings. The van der Waals surface area contributed by atoms with E-state index in [2.05, 4.69) is 4.98 Å². The van der Waals surface area contributed by atoms with Gasteiger partial charge in [0.15, 0.2) is 0 Å². The molecule has 8 nitrogen and oxygen atoms in total. The number of aromatic nitrogens is 1. The molecule has 3 aromatic heterocycles. The lowest BCUT2D eigenvalue weighted by Crippen LogP contribution is -2.68. The van der Waals surface area contributed by atoms with Gasteiger partial charge in [0, 0.05) is 42.0 Å². The van der Waals surface area contributed by atoms with Crippen LogP contribution in [0, 0.1) is 5.41 Å². The summed E-state index contributed by atoms with van der Waals surface area (Å²) in [6, 6.07) is 2.10. The minimum Gasteiger partial charge on any atom is -0.481 e. The highest BCUT2D eigenvalue weighted by Crippen LogP contribution is 2.47. The number of aliphatic carboxylic acids is 1. The van der Waals surface area contributed by atoms with E-state index < -0.39 is 69.4 Å². The smallest absolute Gasteiger partial charge is 0.425 e. The van der Waals surface area contributed by atoms with E-state index in [1.807, 2.05) is 0 Å². The van der Waals surface area contributed by atoms with Gasteiger partial charge in [0.2, 0.25) is 5.60 Å². The van der Waals surface area contributed by atoms with Crippen molar-refractivity contribution in [1.29, 1.82) is 0 Å². The molecule has 3 aromatic rings. The topological polar surface area (TPSA) is 100 Å². The Balaban J connectivity index is 1.67. The minimum absolute atomic E-state index is 0.0383. The first kappa shape index (κ1) is 37.9. The standard InChI is InChI=1S/C33H34ClF6N3O5S2/c1-4-7-23-31(48-18-14-24(49-17-18)33(38,39)40,10-6-12-43(23)27(44)26-20(32(35,36)37)8-5-11-41-26)28(45)42-13-9-22-19(15-25(34)50-22)21(42)16-30(2,3)29(46)47/h5,8,11,14-15,17,21,23H,4,6-7,9-10,12-13,16H2,1-3H3,(H,46,47)/t21?,23-,31+/m1/s1. The van der Waals surface area contributed by atoms with Crippen LogP contribution in [0.3, 0.4) is 0 Å².